The maximum Gasteiger partial charge on any atom is 0.344 e. The minimum atomic E-state index is -1.30. The Balaban J connectivity index is 1.37. The number of rotatable bonds is 13. The van der Waals surface area contributed by atoms with Gasteiger partial charge in [-0.3, -0.25) is 10.2 Å². The van der Waals surface area contributed by atoms with Crippen LogP contribution in [0.3, 0.4) is 0 Å². The van der Waals surface area contributed by atoms with Crippen LogP contribution in [-0.2, 0) is 6.61 Å². The van der Waals surface area contributed by atoms with Gasteiger partial charge in [0.15, 0.2) is 5.56 Å². The van der Waals surface area contributed by atoms with Crippen molar-refractivity contribution in [2.45, 2.75) is 25.9 Å². The number of piperazine rings is 1. The number of benzene rings is 1. The van der Waals surface area contributed by atoms with E-state index in [1.807, 2.05) is 0 Å². The van der Waals surface area contributed by atoms with E-state index in [1.54, 1.807) is 6.07 Å². The number of urea groups is 1. The Morgan fingerprint density at radius 2 is 1.86 bits per heavy atom. The van der Waals surface area contributed by atoms with Crippen LogP contribution in [0.2, 0.25) is 0 Å². The van der Waals surface area contributed by atoms with Gasteiger partial charge in [0, 0.05) is 49.3 Å². The van der Waals surface area contributed by atoms with Crippen molar-refractivity contribution in [1.82, 2.24) is 19.5 Å². The quantitative estimate of drug-likeness (QED) is 0.263. The predicted octanol–water partition coefficient (Wildman–Crippen LogP) is 3.22. The molecule has 3 rings (SSSR count). The first-order valence-electron chi connectivity index (χ1n) is 11.8. The number of nitrogens with zero attached hydrogens (tertiary/aromatic N) is 3. The molecule has 0 spiro atoms. The standard InChI is InChI=1S/C23H31BrFN5O5S/c24-17-5-4-16(18(25)14-17)15-35-20-19(22(32)33)21(36-28-20)27-23(34)26-6-2-1-3-7-29-8-10-30(11-9-29)12-13-31/h4-5,14,31H,1-3,6-13,15H2,(H,32,33)(H2,26,27,34). The number of amides is 2. The number of aromatic nitrogens is 1. The van der Waals surface area contributed by atoms with Gasteiger partial charge in [0.1, 0.15) is 17.4 Å². The lowest BCUT2D eigenvalue weighted by Gasteiger charge is -2.34. The molecule has 13 heteroatoms. The average molecular weight is 589 g/mol. The number of aliphatic hydroxyl groups excluding tert-OH is 1. The Bertz CT molecular complexity index is 1020. The maximum absolute atomic E-state index is 14.0. The highest BCUT2D eigenvalue weighted by atomic mass is 79.9. The summed E-state index contributed by atoms with van der Waals surface area (Å²) in [6, 6.07) is 3.94. The first kappa shape index (κ1) is 28.3. The molecule has 0 bridgehead atoms. The molecule has 1 aromatic heterocycles. The Kier molecular flexibility index (Phi) is 11.3. The number of aromatic carboxylic acids is 1. The second-order valence-electron chi connectivity index (χ2n) is 8.37. The first-order valence-corrected chi connectivity index (χ1v) is 13.3. The number of carboxylic acids is 1. The normalized spacial score (nSPS) is 14.5. The summed E-state index contributed by atoms with van der Waals surface area (Å²) in [5.41, 5.74) is -0.0227. The number of ether oxygens (including phenoxy) is 1. The summed E-state index contributed by atoms with van der Waals surface area (Å²) >= 11 is 3.97. The zero-order valence-electron chi connectivity index (χ0n) is 19.8. The molecular formula is C23H31BrFN5O5S. The molecule has 0 atom stereocenters. The van der Waals surface area contributed by atoms with E-state index in [4.69, 9.17) is 9.84 Å². The summed E-state index contributed by atoms with van der Waals surface area (Å²) in [5, 5.41) is 23.9. The smallest absolute Gasteiger partial charge is 0.344 e. The zero-order valence-corrected chi connectivity index (χ0v) is 22.2. The summed E-state index contributed by atoms with van der Waals surface area (Å²) < 4.78 is 24.0. The molecule has 1 aromatic carbocycles. The number of hydrogen-bond acceptors (Lipinski definition) is 8. The number of β-amino-alcohol motifs (C(OH)–C–C–N with tert-alkyl or cyclic N) is 1. The molecule has 36 heavy (non-hydrogen) atoms. The largest absolute Gasteiger partial charge is 0.477 e. The van der Waals surface area contributed by atoms with Crippen molar-refractivity contribution in [2.24, 2.45) is 0 Å². The van der Waals surface area contributed by atoms with Crippen LogP contribution in [0.25, 0.3) is 0 Å². The average Bonchev–Trinajstić information content (AvgIpc) is 3.24. The lowest BCUT2D eigenvalue weighted by molar-refractivity contribution is 0.0693. The molecule has 2 heterocycles. The van der Waals surface area contributed by atoms with Gasteiger partial charge in [0.25, 0.3) is 0 Å². The number of anilines is 1. The summed E-state index contributed by atoms with van der Waals surface area (Å²) in [4.78, 5) is 28.7. The number of hydrogen-bond donors (Lipinski definition) is 4. The fourth-order valence-electron chi connectivity index (χ4n) is 3.80. The Labute approximate surface area is 221 Å². The first-order chi connectivity index (χ1) is 17.4. The molecule has 2 aromatic rings. The Morgan fingerprint density at radius 1 is 1.14 bits per heavy atom. The summed E-state index contributed by atoms with van der Waals surface area (Å²) in [6.45, 7) is 6.17. The van der Waals surface area contributed by atoms with E-state index < -0.39 is 17.8 Å². The molecule has 1 fully saturated rings. The van der Waals surface area contributed by atoms with Gasteiger partial charge in [-0.15, -0.1) is 0 Å². The number of carbonyl (C=O) groups is 2. The molecule has 10 nitrogen and oxygen atoms in total. The third-order valence-electron chi connectivity index (χ3n) is 5.80. The SMILES string of the molecule is O=C(NCCCCCN1CCN(CCO)CC1)Nc1snc(OCc2ccc(Br)cc2F)c1C(=O)O. The van der Waals surface area contributed by atoms with Gasteiger partial charge < -0.3 is 25.2 Å². The third kappa shape index (κ3) is 8.66. The van der Waals surface area contributed by atoms with Gasteiger partial charge in [-0.1, -0.05) is 28.4 Å². The number of aliphatic hydroxyl groups is 1. The van der Waals surface area contributed by atoms with E-state index in [1.165, 1.54) is 12.1 Å². The lowest BCUT2D eigenvalue weighted by Crippen LogP contribution is -2.47. The van der Waals surface area contributed by atoms with Crippen molar-refractivity contribution in [3.63, 3.8) is 0 Å². The second-order valence-corrected chi connectivity index (χ2v) is 10.1. The summed E-state index contributed by atoms with van der Waals surface area (Å²) in [6.07, 6.45) is 2.79. The highest BCUT2D eigenvalue weighted by molar-refractivity contribution is 9.10. The molecule has 1 aliphatic rings. The van der Waals surface area contributed by atoms with Crippen LogP contribution < -0.4 is 15.4 Å². The Hall–Kier alpha value is -2.32. The van der Waals surface area contributed by atoms with Crippen molar-refractivity contribution in [3.8, 4) is 5.88 Å². The lowest BCUT2D eigenvalue weighted by atomic mass is 10.2. The molecule has 4 N–H and O–H groups in total. The van der Waals surface area contributed by atoms with Gasteiger partial charge in [-0.2, -0.15) is 4.37 Å². The molecule has 1 saturated heterocycles. The van der Waals surface area contributed by atoms with Gasteiger partial charge in [-0.05, 0) is 43.1 Å². The second kappa shape index (κ2) is 14.4. The Morgan fingerprint density at radius 3 is 2.53 bits per heavy atom. The summed E-state index contributed by atoms with van der Waals surface area (Å²) in [5.74, 6) is -1.97. The zero-order chi connectivity index (χ0) is 25.9. The van der Waals surface area contributed by atoms with Crippen molar-refractivity contribution < 1.29 is 28.9 Å². The third-order valence-corrected chi connectivity index (χ3v) is 7.04. The molecule has 0 saturated carbocycles. The molecule has 2 amide bonds. The highest BCUT2D eigenvalue weighted by Crippen LogP contribution is 2.31. The molecule has 0 radical (unpaired) electrons. The van der Waals surface area contributed by atoms with E-state index in [2.05, 4.69) is 40.7 Å². The van der Waals surface area contributed by atoms with Gasteiger partial charge in [0.05, 0.1) is 6.61 Å². The number of unbranched alkanes of at least 4 members (excludes halogenated alkanes) is 2. The van der Waals surface area contributed by atoms with Crippen LogP contribution >= 0.6 is 27.5 Å². The van der Waals surface area contributed by atoms with Crippen molar-refractivity contribution in [1.29, 1.82) is 0 Å². The van der Waals surface area contributed by atoms with Crippen LogP contribution in [-0.4, -0.2) is 88.8 Å². The highest BCUT2D eigenvalue weighted by Gasteiger charge is 2.24. The minimum Gasteiger partial charge on any atom is -0.477 e. The van der Waals surface area contributed by atoms with Crippen LogP contribution in [0.15, 0.2) is 22.7 Å². The molecule has 198 valence electrons. The van der Waals surface area contributed by atoms with E-state index in [9.17, 15) is 19.1 Å². The van der Waals surface area contributed by atoms with Crippen molar-refractivity contribution in [3.05, 3.63) is 39.6 Å². The summed E-state index contributed by atoms with van der Waals surface area (Å²) in [7, 11) is 0. The number of carboxylic acid groups (broad SMARTS) is 1. The van der Waals surface area contributed by atoms with Crippen LogP contribution in [0.1, 0.15) is 35.2 Å². The van der Waals surface area contributed by atoms with E-state index in [0.717, 1.165) is 70.1 Å². The fourth-order valence-corrected chi connectivity index (χ4v) is 4.85. The monoisotopic (exact) mass is 587 g/mol. The van der Waals surface area contributed by atoms with Crippen LogP contribution in [0, 0.1) is 5.82 Å². The van der Waals surface area contributed by atoms with E-state index >= 15 is 0 Å². The van der Waals surface area contributed by atoms with Crippen molar-refractivity contribution in [2.75, 3.05) is 57.7 Å². The minimum absolute atomic E-state index is 0.0478. The van der Waals surface area contributed by atoms with E-state index in [-0.39, 0.29) is 35.2 Å². The fraction of sp³-hybridized carbons (Fsp3) is 0.522. The van der Waals surface area contributed by atoms with Crippen LogP contribution in [0.5, 0.6) is 5.88 Å². The van der Waals surface area contributed by atoms with E-state index in [0.29, 0.717) is 11.0 Å². The topological polar surface area (TPSA) is 127 Å². The van der Waals surface area contributed by atoms with Gasteiger partial charge >= 0.3 is 12.0 Å². The predicted molar refractivity (Wildman–Crippen MR) is 138 cm³/mol. The maximum atomic E-state index is 14.0. The molecule has 1 aliphatic heterocycles. The molecular weight excluding hydrogens is 557 g/mol. The number of carbonyl (C=O) groups excluding carboxylic acids is 1. The van der Waals surface area contributed by atoms with Gasteiger partial charge in [0.2, 0.25) is 5.88 Å². The molecule has 0 aliphatic carbocycles. The number of halogens is 2. The van der Waals surface area contributed by atoms with Crippen LogP contribution in [0.4, 0.5) is 14.2 Å². The molecule has 0 unspecified atom stereocenters. The number of nitrogens with one attached hydrogen (secondary N) is 2. The van der Waals surface area contributed by atoms with Gasteiger partial charge in [-0.25, -0.2) is 14.0 Å². The van der Waals surface area contributed by atoms with Crippen molar-refractivity contribution >= 4 is 44.5 Å².